The van der Waals surface area contributed by atoms with Crippen molar-refractivity contribution in [2.24, 2.45) is 74.0 Å². The maximum atomic E-state index is 13.5. The number of fused-ring (bicyclic) bond motifs is 3. The van der Waals surface area contributed by atoms with E-state index in [4.69, 9.17) is 26.0 Å². The molecule has 1 amide bonds. The fourth-order valence-corrected chi connectivity index (χ4v) is 12.2. The van der Waals surface area contributed by atoms with Crippen molar-refractivity contribution in [3.8, 4) is 0 Å². The Morgan fingerprint density at radius 1 is 1.10 bits per heavy atom. The van der Waals surface area contributed by atoms with Gasteiger partial charge in [0.25, 0.3) is 5.91 Å². The van der Waals surface area contributed by atoms with Crippen molar-refractivity contribution in [2.45, 2.75) is 125 Å². The molecule has 1 aromatic rings. The van der Waals surface area contributed by atoms with Crippen LogP contribution in [-0.2, 0) is 14.3 Å². The van der Waals surface area contributed by atoms with Crippen LogP contribution in [0.15, 0.2) is 23.9 Å². The van der Waals surface area contributed by atoms with E-state index in [2.05, 4.69) is 75.3 Å². The fraction of sp³-hybridized carbons (Fsp3) is 0.825. The third kappa shape index (κ3) is 5.13. The minimum atomic E-state index is -0.643. The van der Waals surface area contributed by atoms with E-state index >= 15 is 0 Å². The number of carboxylic acid groups (broad SMARTS) is 1. The molecule has 12 atom stereocenters. The lowest BCUT2D eigenvalue weighted by Gasteiger charge is -2.71. The highest BCUT2D eigenvalue weighted by Gasteiger charge is 2.72. The zero-order valence-electron chi connectivity index (χ0n) is 31.8. The lowest BCUT2D eigenvalue weighted by Crippen LogP contribution is -2.69. The number of nitrogens with two attached hydrogens (primary N) is 2. The number of allylic oxidation sites excluding steroid dienone is 1. The van der Waals surface area contributed by atoms with Crippen molar-refractivity contribution in [1.29, 1.82) is 0 Å². The zero-order chi connectivity index (χ0) is 36.1. The molecule has 9 nitrogen and oxygen atoms in total. The molecule has 1 aliphatic heterocycles. The second-order valence-corrected chi connectivity index (χ2v) is 19.1. The number of hydrogen-bond donors (Lipinski definition) is 3. The lowest BCUT2D eigenvalue weighted by atomic mass is 9.34. The molecule has 1 saturated heterocycles. The molecule has 0 aromatic carbocycles. The standard InChI is InChI=1S/C40H64N4O5/c1-23(2)25(5)35(6)16-17-37(8)26-11-12-30-36(7)20-48-22-40(30,27(26)13-15-38(37,9)31(35)34(46)47)19-29(44-18-14-28(43-44)33(41)45)32(36)49-21-39(10,42)24(3)4/h13-14,18,23-26,29-32H,11-12,15-17,19-22,42H2,1-10H3,(H2,41,45)(H,46,47)/t25-,26+,29-,30+,31-,32+,35-,36?,37-,38+,39+,40+/m1/s1. The molecular formula is C40H64N4O5. The second-order valence-electron chi connectivity index (χ2n) is 19.1. The van der Waals surface area contributed by atoms with Gasteiger partial charge in [-0.2, -0.15) is 5.10 Å². The highest BCUT2D eigenvalue weighted by Crippen LogP contribution is 2.75. The van der Waals surface area contributed by atoms with Crippen LogP contribution in [0.5, 0.6) is 0 Å². The molecule has 1 aromatic heterocycles. The van der Waals surface area contributed by atoms with Gasteiger partial charge in [0, 0.05) is 22.6 Å². The molecular weight excluding hydrogens is 616 g/mol. The molecule has 1 unspecified atom stereocenters. The minimum Gasteiger partial charge on any atom is -0.481 e. The number of primary amides is 1. The Balaban J connectivity index is 1.46. The summed E-state index contributed by atoms with van der Waals surface area (Å²) in [5, 5.41) is 15.8. The maximum absolute atomic E-state index is 13.5. The summed E-state index contributed by atoms with van der Waals surface area (Å²) in [5.74, 6) is -0.106. The van der Waals surface area contributed by atoms with Crippen molar-refractivity contribution < 1.29 is 24.2 Å². The number of carboxylic acids is 1. The first kappa shape index (κ1) is 36.6. The smallest absolute Gasteiger partial charge is 0.307 e. The van der Waals surface area contributed by atoms with Crippen LogP contribution in [0.1, 0.15) is 124 Å². The summed E-state index contributed by atoms with van der Waals surface area (Å²) in [6.07, 6.45) is 9.63. The van der Waals surface area contributed by atoms with Gasteiger partial charge in [0.05, 0.1) is 37.9 Å². The number of nitrogens with zero attached hydrogens (tertiary/aromatic N) is 2. The molecule has 6 rings (SSSR count). The van der Waals surface area contributed by atoms with Crippen LogP contribution in [0.3, 0.4) is 0 Å². The largest absolute Gasteiger partial charge is 0.481 e. The number of hydrogen-bond acceptors (Lipinski definition) is 6. The van der Waals surface area contributed by atoms with Crippen LogP contribution < -0.4 is 11.5 Å². The molecule has 3 saturated carbocycles. The highest BCUT2D eigenvalue weighted by molar-refractivity contribution is 5.90. The molecule has 0 radical (unpaired) electrons. The molecule has 0 spiro atoms. The minimum absolute atomic E-state index is 0.157. The van der Waals surface area contributed by atoms with Crippen molar-refractivity contribution in [2.75, 3.05) is 19.8 Å². The highest BCUT2D eigenvalue weighted by atomic mass is 16.5. The predicted octanol–water partition coefficient (Wildman–Crippen LogP) is 6.87. The van der Waals surface area contributed by atoms with Crippen molar-refractivity contribution >= 4 is 11.9 Å². The summed E-state index contributed by atoms with van der Waals surface area (Å²) in [6, 6.07) is 1.55. The Morgan fingerprint density at radius 2 is 1.80 bits per heavy atom. The van der Waals surface area contributed by atoms with E-state index in [1.165, 1.54) is 5.57 Å². The average molecular weight is 681 g/mol. The van der Waals surface area contributed by atoms with Gasteiger partial charge in [0.15, 0.2) is 0 Å². The van der Waals surface area contributed by atoms with Crippen molar-refractivity contribution in [3.05, 3.63) is 29.6 Å². The van der Waals surface area contributed by atoms with Crippen LogP contribution in [0.2, 0.25) is 0 Å². The van der Waals surface area contributed by atoms with Gasteiger partial charge < -0.3 is 26.0 Å². The van der Waals surface area contributed by atoms with E-state index in [1.54, 1.807) is 6.07 Å². The van der Waals surface area contributed by atoms with Gasteiger partial charge in [-0.15, -0.1) is 0 Å². The van der Waals surface area contributed by atoms with Gasteiger partial charge in [0.2, 0.25) is 0 Å². The molecule has 9 heteroatoms. The average Bonchev–Trinajstić information content (AvgIpc) is 3.51. The first-order chi connectivity index (χ1) is 22.7. The zero-order valence-corrected chi connectivity index (χ0v) is 31.8. The molecule has 4 aliphatic carbocycles. The molecule has 4 fully saturated rings. The first-order valence-electron chi connectivity index (χ1n) is 19.0. The van der Waals surface area contributed by atoms with Crippen LogP contribution in [0, 0.1) is 62.6 Å². The SMILES string of the molecule is CC(C)[C@@H](C)[C@@]1(C)CC[C@]2(C)[C@H]3CC[C@H]4C5(C)COC[C@@]4(C[C@@H](n4ccc(C(N)=O)n4)[C@@H]5OC[C@](C)(N)C(C)C)C3=CC[C@@]2(C)[C@@H]1C(=O)O. The fourth-order valence-electron chi connectivity index (χ4n) is 12.2. The third-order valence-electron chi connectivity index (χ3n) is 16.2. The van der Waals surface area contributed by atoms with Gasteiger partial charge in [-0.05, 0) is 97.3 Å². The van der Waals surface area contributed by atoms with Crippen LogP contribution in [0.4, 0.5) is 0 Å². The Labute approximate surface area is 294 Å². The second kappa shape index (κ2) is 11.9. The van der Waals surface area contributed by atoms with E-state index in [1.807, 2.05) is 10.9 Å². The number of carbonyl (C=O) groups excluding carboxylic acids is 1. The van der Waals surface area contributed by atoms with Gasteiger partial charge in [-0.25, -0.2) is 0 Å². The van der Waals surface area contributed by atoms with Crippen LogP contribution >= 0.6 is 0 Å². The molecule has 5 N–H and O–H groups in total. The Morgan fingerprint density at radius 3 is 2.39 bits per heavy atom. The summed E-state index contributed by atoms with van der Waals surface area (Å²) < 4.78 is 15.6. The number of aromatic nitrogens is 2. The van der Waals surface area contributed by atoms with E-state index in [-0.39, 0.29) is 56.8 Å². The van der Waals surface area contributed by atoms with Gasteiger partial charge in [-0.1, -0.05) is 74.0 Å². The summed E-state index contributed by atoms with van der Waals surface area (Å²) in [6.45, 7) is 24.0. The monoisotopic (exact) mass is 680 g/mol. The molecule has 5 aliphatic rings. The third-order valence-corrected chi connectivity index (χ3v) is 16.2. The summed E-state index contributed by atoms with van der Waals surface area (Å²) in [5.41, 5.74) is 12.3. The van der Waals surface area contributed by atoms with E-state index in [0.29, 0.717) is 37.6 Å². The van der Waals surface area contributed by atoms with Crippen LogP contribution in [0.25, 0.3) is 0 Å². The molecule has 274 valence electrons. The topological polar surface area (TPSA) is 143 Å². The first-order valence-corrected chi connectivity index (χ1v) is 19.0. The predicted molar refractivity (Wildman–Crippen MR) is 191 cm³/mol. The Hall–Kier alpha value is -2.23. The molecule has 49 heavy (non-hydrogen) atoms. The summed E-state index contributed by atoms with van der Waals surface area (Å²) in [7, 11) is 0. The van der Waals surface area contributed by atoms with Crippen molar-refractivity contribution in [1.82, 2.24) is 9.78 Å². The van der Waals surface area contributed by atoms with Crippen molar-refractivity contribution in [3.63, 3.8) is 0 Å². The summed E-state index contributed by atoms with van der Waals surface area (Å²) in [4.78, 5) is 25.7. The molecule has 2 heterocycles. The summed E-state index contributed by atoms with van der Waals surface area (Å²) >= 11 is 0. The number of carbonyl (C=O) groups is 2. The number of ether oxygens (including phenoxy) is 2. The quantitative estimate of drug-likeness (QED) is 0.242. The number of amides is 1. The van der Waals surface area contributed by atoms with E-state index < -0.39 is 23.3 Å². The van der Waals surface area contributed by atoms with E-state index in [9.17, 15) is 14.7 Å². The number of rotatable bonds is 9. The van der Waals surface area contributed by atoms with Gasteiger partial charge in [-0.3, -0.25) is 14.3 Å². The van der Waals surface area contributed by atoms with E-state index in [0.717, 1.165) is 38.5 Å². The van der Waals surface area contributed by atoms with Gasteiger partial charge in [0.1, 0.15) is 5.69 Å². The lowest BCUT2D eigenvalue weighted by molar-refractivity contribution is -0.252. The Kier molecular flexibility index (Phi) is 8.88. The maximum Gasteiger partial charge on any atom is 0.307 e. The van der Waals surface area contributed by atoms with Gasteiger partial charge >= 0.3 is 5.97 Å². The molecule has 2 bridgehead atoms. The van der Waals surface area contributed by atoms with Crippen LogP contribution in [-0.4, -0.2) is 58.2 Å². The number of aliphatic carboxylic acids is 1. The normalized spacial score (nSPS) is 43.5. The Bertz CT molecular complexity index is 1500.